The molecule has 0 saturated carbocycles. The van der Waals surface area contributed by atoms with Crippen LogP contribution in [0.15, 0.2) is 24.3 Å². The van der Waals surface area contributed by atoms with Crippen molar-refractivity contribution < 1.29 is 5.11 Å². The first kappa shape index (κ1) is 10.5. The summed E-state index contributed by atoms with van der Waals surface area (Å²) < 4.78 is 0. The van der Waals surface area contributed by atoms with Crippen LogP contribution >= 0.6 is 0 Å². The topological polar surface area (TPSA) is 23.5 Å². The van der Waals surface area contributed by atoms with E-state index < -0.39 is 0 Å². The molecular weight excluding hydrogens is 186 g/mol. The number of hydrogen-bond acceptors (Lipinski definition) is 2. The van der Waals surface area contributed by atoms with Gasteiger partial charge in [-0.25, -0.2) is 0 Å². The summed E-state index contributed by atoms with van der Waals surface area (Å²) in [4.78, 5) is 2.43. The molecule has 2 heteroatoms. The quantitative estimate of drug-likeness (QED) is 0.818. The Morgan fingerprint density at radius 3 is 2.73 bits per heavy atom. The molecule has 15 heavy (non-hydrogen) atoms. The highest BCUT2D eigenvalue weighted by atomic mass is 16.3. The van der Waals surface area contributed by atoms with E-state index in [9.17, 15) is 0 Å². The average Bonchev–Trinajstić information content (AvgIpc) is 2.68. The number of nitrogens with zero attached hydrogens (tertiary/aromatic N) is 1. The van der Waals surface area contributed by atoms with Crippen LogP contribution < -0.4 is 4.90 Å². The van der Waals surface area contributed by atoms with Crippen LogP contribution in [0.3, 0.4) is 0 Å². The van der Waals surface area contributed by atoms with Crippen molar-refractivity contribution in [2.24, 2.45) is 0 Å². The second kappa shape index (κ2) is 4.67. The van der Waals surface area contributed by atoms with E-state index in [1.54, 1.807) is 0 Å². The van der Waals surface area contributed by atoms with E-state index in [0.717, 1.165) is 13.0 Å². The van der Waals surface area contributed by atoms with E-state index in [-0.39, 0.29) is 0 Å². The van der Waals surface area contributed by atoms with Crippen molar-refractivity contribution in [1.82, 2.24) is 0 Å². The first-order chi connectivity index (χ1) is 7.31. The molecule has 82 valence electrons. The lowest BCUT2D eigenvalue weighted by Crippen LogP contribution is -2.29. The molecule has 1 aliphatic heterocycles. The Morgan fingerprint density at radius 2 is 2.07 bits per heavy atom. The predicted octanol–water partition coefficient (Wildman–Crippen LogP) is 2.35. The Bertz CT molecular complexity index is 307. The summed E-state index contributed by atoms with van der Waals surface area (Å²) in [5.74, 6) is 0. The highest BCUT2D eigenvalue weighted by Gasteiger charge is 2.23. The van der Waals surface area contributed by atoms with Crippen LogP contribution in [0.4, 0.5) is 5.69 Å². The molecule has 0 amide bonds. The van der Waals surface area contributed by atoms with Crippen LogP contribution in [0.1, 0.15) is 24.8 Å². The lowest BCUT2D eigenvalue weighted by atomic mass is 10.1. The van der Waals surface area contributed by atoms with Gasteiger partial charge in [0.1, 0.15) is 0 Å². The molecule has 1 aliphatic rings. The molecule has 0 aromatic heterocycles. The largest absolute Gasteiger partial charge is 0.396 e. The monoisotopic (exact) mass is 205 g/mol. The van der Waals surface area contributed by atoms with E-state index in [1.807, 2.05) is 0 Å². The molecule has 1 aromatic rings. The summed E-state index contributed by atoms with van der Waals surface area (Å²) in [6.45, 7) is 3.54. The highest BCUT2D eigenvalue weighted by Crippen LogP contribution is 2.27. The standard InChI is InChI=1S/C13H19NO/c1-11-4-6-13(7-5-11)14-9-2-3-12(14)8-10-15/h4-7,12,15H,2-3,8-10H2,1H3. The van der Waals surface area contributed by atoms with Gasteiger partial charge in [-0.3, -0.25) is 0 Å². The molecule has 0 radical (unpaired) electrons. The minimum atomic E-state index is 0.299. The zero-order valence-electron chi connectivity index (χ0n) is 9.32. The Morgan fingerprint density at radius 1 is 1.33 bits per heavy atom. The number of rotatable bonds is 3. The number of hydrogen-bond donors (Lipinski definition) is 1. The van der Waals surface area contributed by atoms with E-state index >= 15 is 0 Å². The highest BCUT2D eigenvalue weighted by molar-refractivity contribution is 5.49. The third-order valence-electron chi connectivity index (χ3n) is 3.21. The first-order valence-electron chi connectivity index (χ1n) is 5.75. The molecule has 1 aromatic carbocycles. The number of benzene rings is 1. The smallest absolute Gasteiger partial charge is 0.0450 e. The number of aliphatic hydroxyl groups is 1. The summed E-state index contributed by atoms with van der Waals surface area (Å²) in [7, 11) is 0. The average molecular weight is 205 g/mol. The van der Waals surface area contributed by atoms with Gasteiger partial charge in [0.05, 0.1) is 0 Å². The van der Waals surface area contributed by atoms with Crippen molar-refractivity contribution in [2.75, 3.05) is 18.1 Å². The van der Waals surface area contributed by atoms with Crippen molar-refractivity contribution in [1.29, 1.82) is 0 Å². The fraction of sp³-hybridized carbons (Fsp3) is 0.538. The molecule has 1 unspecified atom stereocenters. The summed E-state index contributed by atoms with van der Waals surface area (Å²) >= 11 is 0. The van der Waals surface area contributed by atoms with Crippen LogP contribution in [-0.2, 0) is 0 Å². The number of anilines is 1. The van der Waals surface area contributed by atoms with Crippen LogP contribution in [0, 0.1) is 6.92 Å². The fourth-order valence-electron chi connectivity index (χ4n) is 2.36. The van der Waals surface area contributed by atoms with Gasteiger partial charge in [0, 0.05) is 24.9 Å². The van der Waals surface area contributed by atoms with E-state index in [0.29, 0.717) is 12.6 Å². The Kier molecular flexibility index (Phi) is 3.27. The van der Waals surface area contributed by atoms with Gasteiger partial charge in [-0.15, -0.1) is 0 Å². The minimum absolute atomic E-state index is 0.299. The molecule has 1 fully saturated rings. The molecule has 2 rings (SSSR count). The van der Waals surface area contributed by atoms with Crippen LogP contribution in [-0.4, -0.2) is 24.3 Å². The van der Waals surface area contributed by atoms with Gasteiger partial charge in [-0.05, 0) is 38.3 Å². The normalized spacial score (nSPS) is 20.9. The maximum absolute atomic E-state index is 9.01. The Hall–Kier alpha value is -1.02. The molecule has 1 saturated heterocycles. The third-order valence-corrected chi connectivity index (χ3v) is 3.21. The minimum Gasteiger partial charge on any atom is -0.396 e. The zero-order valence-corrected chi connectivity index (χ0v) is 9.32. The summed E-state index contributed by atoms with van der Waals surface area (Å²) in [5, 5.41) is 9.01. The lowest BCUT2D eigenvalue weighted by Gasteiger charge is -2.26. The zero-order chi connectivity index (χ0) is 10.7. The second-order valence-electron chi connectivity index (χ2n) is 4.34. The van der Waals surface area contributed by atoms with Crippen molar-refractivity contribution >= 4 is 5.69 Å². The van der Waals surface area contributed by atoms with E-state index in [4.69, 9.17) is 5.11 Å². The molecular formula is C13H19NO. The van der Waals surface area contributed by atoms with Gasteiger partial charge in [0.15, 0.2) is 0 Å². The van der Waals surface area contributed by atoms with Gasteiger partial charge in [0.2, 0.25) is 0 Å². The molecule has 1 N–H and O–H groups in total. The number of aliphatic hydroxyl groups excluding tert-OH is 1. The fourth-order valence-corrected chi connectivity index (χ4v) is 2.36. The van der Waals surface area contributed by atoms with Gasteiger partial charge in [0.25, 0.3) is 0 Å². The van der Waals surface area contributed by atoms with Crippen molar-refractivity contribution in [3.63, 3.8) is 0 Å². The van der Waals surface area contributed by atoms with Gasteiger partial charge < -0.3 is 10.0 Å². The summed E-state index contributed by atoms with van der Waals surface area (Å²) in [5.41, 5.74) is 2.60. The van der Waals surface area contributed by atoms with Gasteiger partial charge in [-0.2, -0.15) is 0 Å². The lowest BCUT2D eigenvalue weighted by molar-refractivity contribution is 0.276. The van der Waals surface area contributed by atoms with Crippen LogP contribution in [0.25, 0.3) is 0 Å². The maximum Gasteiger partial charge on any atom is 0.0450 e. The van der Waals surface area contributed by atoms with Gasteiger partial charge in [-0.1, -0.05) is 17.7 Å². The summed E-state index contributed by atoms with van der Waals surface area (Å²) in [6.07, 6.45) is 3.36. The molecule has 2 nitrogen and oxygen atoms in total. The maximum atomic E-state index is 9.01. The molecule has 0 bridgehead atoms. The Labute approximate surface area is 91.5 Å². The van der Waals surface area contributed by atoms with Gasteiger partial charge >= 0.3 is 0 Å². The molecule has 1 atom stereocenters. The van der Waals surface area contributed by atoms with Crippen molar-refractivity contribution in [3.8, 4) is 0 Å². The van der Waals surface area contributed by atoms with Crippen molar-refractivity contribution in [3.05, 3.63) is 29.8 Å². The van der Waals surface area contributed by atoms with Crippen LogP contribution in [0.2, 0.25) is 0 Å². The first-order valence-corrected chi connectivity index (χ1v) is 5.75. The summed E-state index contributed by atoms with van der Waals surface area (Å²) in [6, 6.07) is 9.22. The number of aryl methyl sites for hydroxylation is 1. The second-order valence-corrected chi connectivity index (χ2v) is 4.34. The molecule has 1 heterocycles. The third kappa shape index (κ3) is 2.32. The van der Waals surface area contributed by atoms with E-state index in [2.05, 4.69) is 36.1 Å². The van der Waals surface area contributed by atoms with E-state index in [1.165, 1.54) is 24.1 Å². The molecule has 0 spiro atoms. The predicted molar refractivity (Wildman–Crippen MR) is 63.2 cm³/mol. The SMILES string of the molecule is Cc1ccc(N2CCCC2CCO)cc1. The Balaban J connectivity index is 2.11. The van der Waals surface area contributed by atoms with Crippen LogP contribution in [0.5, 0.6) is 0 Å². The molecule has 0 aliphatic carbocycles. The van der Waals surface area contributed by atoms with Crippen molar-refractivity contribution in [2.45, 2.75) is 32.2 Å².